The van der Waals surface area contributed by atoms with Crippen molar-refractivity contribution >= 4 is 31.9 Å². The van der Waals surface area contributed by atoms with Gasteiger partial charge in [-0.05, 0) is 42.7 Å². The topological polar surface area (TPSA) is 9.23 Å². The van der Waals surface area contributed by atoms with Gasteiger partial charge < -0.3 is 4.74 Å². The lowest BCUT2D eigenvalue weighted by atomic mass is 9.98. The summed E-state index contributed by atoms with van der Waals surface area (Å²) < 4.78 is 6.92. The van der Waals surface area contributed by atoms with Gasteiger partial charge in [-0.15, -0.1) is 0 Å². The molecule has 0 aliphatic heterocycles. The molecule has 0 bridgehead atoms. The lowest BCUT2D eigenvalue weighted by Gasteiger charge is -2.15. The number of benzene rings is 1. The van der Waals surface area contributed by atoms with Crippen molar-refractivity contribution in [3.8, 4) is 0 Å². The minimum atomic E-state index is 0.637. The van der Waals surface area contributed by atoms with Gasteiger partial charge in [-0.1, -0.05) is 63.9 Å². The average molecular weight is 392 g/mol. The van der Waals surface area contributed by atoms with Crippen LogP contribution in [-0.2, 0) is 11.2 Å². The molecule has 0 aliphatic carbocycles. The van der Waals surface area contributed by atoms with Crippen LogP contribution in [0.4, 0.5) is 0 Å². The van der Waals surface area contributed by atoms with Gasteiger partial charge in [0, 0.05) is 23.0 Å². The Morgan fingerprint density at radius 3 is 2.42 bits per heavy atom. The van der Waals surface area contributed by atoms with Crippen molar-refractivity contribution in [2.75, 3.05) is 18.5 Å². The molecule has 0 N–H and O–H groups in total. The summed E-state index contributed by atoms with van der Waals surface area (Å²) in [6, 6.07) is 8.47. The van der Waals surface area contributed by atoms with Crippen LogP contribution in [0.3, 0.4) is 0 Å². The van der Waals surface area contributed by atoms with E-state index < -0.39 is 0 Å². The van der Waals surface area contributed by atoms with Crippen molar-refractivity contribution < 1.29 is 4.74 Å². The first kappa shape index (κ1) is 17.2. The van der Waals surface area contributed by atoms with Crippen molar-refractivity contribution in [1.82, 2.24) is 0 Å². The zero-order valence-electron chi connectivity index (χ0n) is 11.9. The van der Waals surface area contributed by atoms with Crippen molar-refractivity contribution in [3.05, 3.63) is 34.3 Å². The smallest absolute Gasteiger partial charge is 0.0469 e. The fourth-order valence-electron chi connectivity index (χ4n) is 1.88. The van der Waals surface area contributed by atoms with Crippen LogP contribution < -0.4 is 0 Å². The van der Waals surface area contributed by atoms with E-state index in [1.807, 2.05) is 0 Å². The largest absolute Gasteiger partial charge is 0.381 e. The van der Waals surface area contributed by atoms with Crippen LogP contribution in [0.2, 0.25) is 0 Å². The summed E-state index contributed by atoms with van der Waals surface area (Å²) in [5.74, 6) is 1.37. The summed E-state index contributed by atoms with van der Waals surface area (Å²) in [5.41, 5.74) is 1.38. The maximum Gasteiger partial charge on any atom is 0.0469 e. The number of rotatable bonds is 9. The fourth-order valence-corrected chi connectivity index (χ4v) is 2.88. The highest BCUT2D eigenvalue weighted by Gasteiger charge is 2.10. The van der Waals surface area contributed by atoms with Crippen LogP contribution >= 0.6 is 31.9 Å². The van der Waals surface area contributed by atoms with Gasteiger partial charge >= 0.3 is 0 Å². The van der Waals surface area contributed by atoms with Gasteiger partial charge in [0.2, 0.25) is 0 Å². The predicted octanol–water partition coefficient (Wildman–Crippen LogP) is 5.46. The Balaban J connectivity index is 2.28. The van der Waals surface area contributed by atoms with E-state index in [4.69, 9.17) is 4.74 Å². The first-order valence-electron chi connectivity index (χ1n) is 7.00. The summed E-state index contributed by atoms with van der Waals surface area (Å²) in [6.07, 6.45) is 3.37. The van der Waals surface area contributed by atoms with Crippen LogP contribution in [0.25, 0.3) is 0 Å². The molecule has 108 valence electrons. The molecule has 0 aliphatic rings. The highest BCUT2D eigenvalue weighted by molar-refractivity contribution is 9.10. The van der Waals surface area contributed by atoms with E-state index in [1.54, 1.807) is 0 Å². The van der Waals surface area contributed by atoms with Gasteiger partial charge in [0.05, 0.1) is 0 Å². The maximum absolute atomic E-state index is 5.71. The quantitative estimate of drug-likeness (QED) is 0.401. The Bertz CT molecular complexity index is 352. The number of hydrogen-bond donors (Lipinski definition) is 0. The number of ether oxygens (including phenoxy) is 1. The normalized spacial score (nSPS) is 12.9. The van der Waals surface area contributed by atoms with Crippen LogP contribution in [0.1, 0.15) is 32.3 Å². The molecule has 1 unspecified atom stereocenters. The Morgan fingerprint density at radius 2 is 1.79 bits per heavy atom. The molecular formula is C16H24Br2O. The Hall–Kier alpha value is 0.140. The highest BCUT2D eigenvalue weighted by Crippen LogP contribution is 2.22. The number of halogens is 2. The van der Waals surface area contributed by atoms with E-state index in [1.165, 1.54) is 10.0 Å². The molecule has 1 atom stereocenters. The van der Waals surface area contributed by atoms with E-state index in [0.717, 1.165) is 43.7 Å². The fraction of sp³-hybridized carbons (Fsp3) is 0.625. The summed E-state index contributed by atoms with van der Waals surface area (Å²) in [6.45, 7) is 6.23. The SMILES string of the molecule is CC(C)CCOCCC(CBr)Cc1ccccc1Br. The summed E-state index contributed by atoms with van der Waals surface area (Å²) in [7, 11) is 0. The molecule has 19 heavy (non-hydrogen) atoms. The third-order valence-corrected chi connectivity index (χ3v) is 4.88. The summed E-state index contributed by atoms with van der Waals surface area (Å²) in [5, 5.41) is 1.03. The zero-order valence-corrected chi connectivity index (χ0v) is 15.0. The molecule has 1 rings (SSSR count). The highest BCUT2D eigenvalue weighted by atomic mass is 79.9. The zero-order chi connectivity index (χ0) is 14.1. The summed E-state index contributed by atoms with van der Waals surface area (Å²) >= 11 is 7.24. The van der Waals surface area contributed by atoms with Gasteiger partial charge in [-0.3, -0.25) is 0 Å². The van der Waals surface area contributed by atoms with Gasteiger partial charge in [-0.2, -0.15) is 0 Å². The van der Waals surface area contributed by atoms with Crippen LogP contribution in [0, 0.1) is 11.8 Å². The molecule has 0 heterocycles. The Morgan fingerprint density at radius 1 is 1.11 bits per heavy atom. The molecule has 0 spiro atoms. The van der Waals surface area contributed by atoms with Crippen LogP contribution in [0.5, 0.6) is 0 Å². The lowest BCUT2D eigenvalue weighted by Crippen LogP contribution is -2.11. The first-order chi connectivity index (χ1) is 9.13. The molecule has 0 amide bonds. The van der Waals surface area contributed by atoms with E-state index in [9.17, 15) is 0 Å². The molecule has 1 aromatic carbocycles. The molecular weight excluding hydrogens is 368 g/mol. The van der Waals surface area contributed by atoms with Crippen LogP contribution in [-0.4, -0.2) is 18.5 Å². The standard InChI is InChI=1S/C16H24Br2O/c1-13(2)7-9-19-10-8-14(12-17)11-15-5-3-4-6-16(15)18/h3-6,13-14H,7-12H2,1-2H3. The van der Waals surface area contributed by atoms with Gasteiger partial charge in [0.1, 0.15) is 0 Å². The van der Waals surface area contributed by atoms with Crippen molar-refractivity contribution in [2.24, 2.45) is 11.8 Å². The molecule has 3 heteroatoms. The van der Waals surface area contributed by atoms with Gasteiger partial charge in [0.25, 0.3) is 0 Å². The minimum Gasteiger partial charge on any atom is -0.381 e. The van der Waals surface area contributed by atoms with Gasteiger partial charge in [0.15, 0.2) is 0 Å². The molecule has 0 aromatic heterocycles. The predicted molar refractivity (Wildman–Crippen MR) is 90.0 cm³/mol. The van der Waals surface area contributed by atoms with Crippen molar-refractivity contribution in [1.29, 1.82) is 0 Å². The molecule has 0 saturated heterocycles. The van der Waals surface area contributed by atoms with E-state index >= 15 is 0 Å². The first-order valence-corrected chi connectivity index (χ1v) is 8.92. The monoisotopic (exact) mass is 390 g/mol. The number of alkyl halides is 1. The number of hydrogen-bond acceptors (Lipinski definition) is 1. The maximum atomic E-state index is 5.71. The third kappa shape index (κ3) is 7.48. The van der Waals surface area contributed by atoms with E-state index in [2.05, 4.69) is 70.0 Å². The molecule has 1 nitrogen and oxygen atoms in total. The molecule has 1 aromatic rings. The summed E-state index contributed by atoms with van der Waals surface area (Å²) in [4.78, 5) is 0. The van der Waals surface area contributed by atoms with Crippen molar-refractivity contribution in [2.45, 2.75) is 33.1 Å². The third-order valence-electron chi connectivity index (χ3n) is 3.19. The second-order valence-corrected chi connectivity index (χ2v) is 6.90. The Labute approximate surface area is 134 Å². The molecule has 0 saturated carbocycles. The van der Waals surface area contributed by atoms with Crippen molar-refractivity contribution in [3.63, 3.8) is 0 Å². The average Bonchev–Trinajstić information content (AvgIpc) is 2.39. The second kappa shape index (κ2) is 9.95. The molecule has 0 radical (unpaired) electrons. The molecule has 0 fully saturated rings. The van der Waals surface area contributed by atoms with E-state index in [-0.39, 0.29) is 0 Å². The van der Waals surface area contributed by atoms with E-state index in [0.29, 0.717) is 5.92 Å². The lowest BCUT2D eigenvalue weighted by molar-refractivity contribution is 0.113. The van der Waals surface area contributed by atoms with Crippen LogP contribution in [0.15, 0.2) is 28.7 Å². The van der Waals surface area contributed by atoms with Gasteiger partial charge in [-0.25, -0.2) is 0 Å². The Kier molecular flexibility index (Phi) is 9.01. The minimum absolute atomic E-state index is 0.637. The second-order valence-electron chi connectivity index (χ2n) is 5.40.